The smallest absolute Gasteiger partial charge is 0.118 e. The summed E-state index contributed by atoms with van der Waals surface area (Å²) >= 11 is 0. The topological polar surface area (TPSA) is 20.2 Å². The number of phenols is 1. The van der Waals surface area contributed by atoms with Gasteiger partial charge in [0.15, 0.2) is 0 Å². The molecule has 1 rings (SSSR count). The van der Waals surface area contributed by atoms with E-state index in [4.69, 9.17) is 0 Å². The van der Waals surface area contributed by atoms with Gasteiger partial charge in [-0.3, -0.25) is 0 Å². The van der Waals surface area contributed by atoms with E-state index >= 15 is 0 Å². The van der Waals surface area contributed by atoms with E-state index in [0.29, 0.717) is 5.75 Å². The van der Waals surface area contributed by atoms with Gasteiger partial charge in [0.1, 0.15) is 5.75 Å². The molecule has 0 aliphatic rings. The molecule has 84 valence electrons. The third-order valence-corrected chi connectivity index (χ3v) is 2.76. The van der Waals surface area contributed by atoms with Crippen molar-refractivity contribution in [2.24, 2.45) is 5.92 Å². The zero-order chi connectivity index (χ0) is 11.3. The van der Waals surface area contributed by atoms with Crippen LogP contribution in [0.15, 0.2) is 18.2 Å². The highest BCUT2D eigenvalue weighted by Crippen LogP contribution is 2.18. The lowest BCUT2D eigenvalue weighted by molar-refractivity contribution is 0.470. The van der Waals surface area contributed by atoms with Crippen molar-refractivity contribution in [2.75, 3.05) is 0 Å². The van der Waals surface area contributed by atoms with Crippen molar-refractivity contribution in [1.29, 1.82) is 0 Å². The Kier molecular flexibility index (Phi) is 4.67. The van der Waals surface area contributed by atoms with Gasteiger partial charge < -0.3 is 5.11 Å². The summed E-state index contributed by atoms with van der Waals surface area (Å²) in [6.45, 7) is 6.49. The van der Waals surface area contributed by atoms with E-state index in [1.54, 1.807) is 6.07 Å². The Morgan fingerprint density at radius 2 is 1.93 bits per heavy atom. The van der Waals surface area contributed by atoms with Crippen LogP contribution in [-0.4, -0.2) is 5.11 Å². The molecule has 1 nitrogen and oxygen atoms in total. The molecule has 0 aliphatic carbocycles. The van der Waals surface area contributed by atoms with Gasteiger partial charge in [-0.1, -0.05) is 38.8 Å². The van der Waals surface area contributed by atoms with Crippen LogP contribution in [0.5, 0.6) is 5.75 Å². The molecule has 0 aromatic heterocycles. The normalized spacial score (nSPS) is 10.9. The van der Waals surface area contributed by atoms with Crippen LogP contribution in [0.2, 0.25) is 0 Å². The van der Waals surface area contributed by atoms with Gasteiger partial charge in [-0.15, -0.1) is 0 Å². The van der Waals surface area contributed by atoms with Crippen molar-refractivity contribution < 1.29 is 5.11 Å². The van der Waals surface area contributed by atoms with Gasteiger partial charge in [-0.2, -0.15) is 0 Å². The average Bonchev–Trinajstić information content (AvgIpc) is 2.18. The van der Waals surface area contributed by atoms with Crippen LogP contribution in [0.3, 0.4) is 0 Å². The van der Waals surface area contributed by atoms with Crippen molar-refractivity contribution in [2.45, 2.75) is 46.5 Å². The summed E-state index contributed by atoms with van der Waals surface area (Å²) in [7, 11) is 0. The van der Waals surface area contributed by atoms with Crippen LogP contribution < -0.4 is 0 Å². The number of rotatable bonds is 5. The molecule has 1 N–H and O–H groups in total. The maximum absolute atomic E-state index is 9.39. The summed E-state index contributed by atoms with van der Waals surface area (Å²) in [4.78, 5) is 0. The van der Waals surface area contributed by atoms with Crippen molar-refractivity contribution >= 4 is 0 Å². The van der Waals surface area contributed by atoms with Gasteiger partial charge in [-0.05, 0) is 42.9 Å². The summed E-state index contributed by atoms with van der Waals surface area (Å²) in [5.74, 6) is 1.22. The van der Waals surface area contributed by atoms with Crippen molar-refractivity contribution in [3.05, 3.63) is 29.3 Å². The lowest BCUT2D eigenvalue weighted by Gasteiger charge is -2.06. The molecule has 0 fully saturated rings. The number of hydrogen-bond donors (Lipinski definition) is 1. The second-order valence-corrected chi connectivity index (χ2v) is 4.76. The minimum atomic E-state index is 0.404. The minimum absolute atomic E-state index is 0.404. The highest BCUT2D eigenvalue weighted by Gasteiger charge is 1.99. The Bertz CT molecular complexity index is 302. The van der Waals surface area contributed by atoms with Crippen molar-refractivity contribution in [3.8, 4) is 5.75 Å². The number of benzene rings is 1. The molecule has 0 saturated heterocycles. The molecule has 0 spiro atoms. The molecule has 1 aromatic rings. The fraction of sp³-hybridized carbons (Fsp3) is 0.571. The Balaban J connectivity index is 2.35. The monoisotopic (exact) mass is 206 g/mol. The maximum Gasteiger partial charge on any atom is 0.118 e. The van der Waals surface area contributed by atoms with Crippen LogP contribution in [0, 0.1) is 12.8 Å². The lowest BCUT2D eigenvalue weighted by Crippen LogP contribution is -1.90. The first-order valence-corrected chi connectivity index (χ1v) is 5.88. The lowest BCUT2D eigenvalue weighted by atomic mass is 10.0. The summed E-state index contributed by atoms with van der Waals surface area (Å²) in [6.07, 6.45) is 5.00. The van der Waals surface area contributed by atoms with E-state index in [1.165, 1.54) is 24.8 Å². The summed E-state index contributed by atoms with van der Waals surface area (Å²) in [6, 6.07) is 5.91. The number of aryl methyl sites for hydroxylation is 2. The molecule has 0 saturated carbocycles. The van der Waals surface area contributed by atoms with E-state index in [1.807, 2.05) is 13.0 Å². The van der Waals surface area contributed by atoms with Gasteiger partial charge in [0.25, 0.3) is 0 Å². The minimum Gasteiger partial charge on any atom is -0.508 e. The summed E-state index contributed by atoms with van der Waals surface area (Å²) in [5, 5.41) is 9.39. The number of aromatic hydroxyl groups is 1. The predicted octanol–water partition coefficient (Wildman–Crippen LogP) is 4.07. The fourth-order valence-electron chi connectivity index (χ4n) is 1.75. The second-order valence-electron chi connectivity index (χ2n) is 4.76. The van der Waals surface area contributed by atoms with Gasteiger partial charge >= 0.3 is 0 Å². The first-order chi connectivity index (χ1) is 7.09. The Labute approximate surface area is 93.1 Å². The highest BCUT2D eigenvalue weighted by atomic mass is 16.3. The zero-order valence-electron chi connectivity index (χ0n) is 10.1. The molecule has 0 bridgehead atoms. The van der Waals surface area contributed by atoms with Crippen LogP contribution in [-0.2, 0) is 6.42 Å². The van der Waals surface area contributed by atoms with E-state index in [-0.39, 0.29) is 0 Å². The Morgan fingerprint density at radius 3 is 2.53 bits per heavy atom. The molecular weight excluding hydrogens is 184 g/mol. The molecule has 0 atom stereocenters. The molecular formula is C14H22O. The SMILES string of the molecule is Cc1cc(CCCCC(C)C)ccc1O. The molecule has 0 amide bonds. The Hall–Kier alpha value is -0.980. The molecule has 1 aromatic carbocycles. The average molecular weight is 206 g/mol. The molecule has 1 heteroatoms. The highest BCUT2D eigenvalue weighted by molar-refractivity contribution is 5.34. The van der Waals surface area contributed by atoms with E-state index < -0.39 is 0 Å². The molecule has 0 unspecified atom stereocenters. The molecule has 0 heterocycles. The molecule has 15 heavy (non-hydrogen) atoms. The maximum atomic E-state index is 9.39. The van der Waals surface area contributed by atoms with E-state index in [2.05, 4.69) is 19.9 Å². The van der Waals surface area contributed by atoms with Crippen LogP contribution in [0.1, 0.15) is 44.2 Å². The third-order valence-electron chi connectivity index (χ3n) is 2.76. The number of hydrogen-bond acceptors (Lipinski definition) is 1. The zero-order valence-corrected chi connectivity index (χ0v) is 10.1. The quantitative estimate of drug-likeness (QED) is 0.720. The first kappa shape index (κ1) is 12.1. The van der Waals surface area contributed by atoms with Crippen molar-refractivity contribution in [1.82, 2.24) is 0 Å². The van der Waals surface area contributed by atoms with Crippen LogP contribution >= 0.6 is 0 Å². The largest absolute Gasteiger partial charge is 0.508 e. The number of unbranched alkanes of at least 4 members (excludes halogenated alkanes) is 1. The predicted molar refractivity (Wildman–Crippen MR) is 65.2 cm³/mol. The van der Waals surface area contributed by atoms with Gasteiger partial charge in [0.05, 0.1) is 0 Å². The summed E-state index contributed by atoms with van der Waals surface area (Å²) < 4.78 is 0. The molecule has 0 radical (unpaired) electrons. The van der Waals surface area contributed by atoms with Crippen molar-refractivity contribution in [3.63, 3.8) is 0 Å². The number of phenolic OH excluding ortho intramolecular Hbond substituents is 1. The fourth-order valence-corrected chi connectivity index (χ4v) is 1.75. The van der Waals surface area contributed by atoms with Gasteiger partial charge in [0.2, 0.25) is 0 Å². The van der Waals surface area contributed by atoms with Gasteiger partial charge in [0, 0.05) is 0 Å². The standard InChI is InChI=1S/C14H22O/c1-11(2)6-4-5-7-13-8-9-14(15)12(3)10-13/h8-11,15H,4-7H2,1-3H3. The first-order valence-electron chi connectivity index (χ1n) is 5.88. The van der Waals surface area contributed by atoms with E-state index in [0.717, 1.165) is 17.9 Å². The summed E-state index contributed by atoms with van der Waals surface area (Å²) in [5.41, 5.74) is 2.32. The molecule has 0 aliphatic heterocycles. The Morgan fingerprint density at radius 1 is 1.20 bits per heavy atom. The van der Waals surface area contributed by atoms with Crippen LogP contribution in [0.4, 0.5) is 0 Å². The van der Waals surface area contributed by atoms with Gasteiger partial charge in [-0.25, -0.2) is 0 Å². The van der Waals surface area contributed by atoms with E-state index in [9.17, 15) is 5.11 Å². The second kappa shape index (κ2) is 5.79. The van der Waals surface area contributed by atoms with Crippen LogP contribution in [0.25, 0.3) is 0 Å². The third kappa shape index (κ3) is 4.37.